The minimum Gasteiger partial charge on any atom is -0.394 e. The Morgan fingerprint density at radius 1 is 0.461 bits per heavy atom. The molecule has 14 heteroatoms. The van der Waals surface area contributed by atoms with Gasteiger partial charge < -0.3 is 65.1 Å². The van der Waals surface area contributed by atoms with Crippen molar-refractivity contribution in [3.05, 3.63) is 36.5 Å². The molecule has 0 aromatic rings. The second kappa shape index (κ2) is 48.0. The summed E-state index contributed by atoms with van der Waals surface area (Å²) < 4.78 is 22.7. The van der Waals surface area contributed by atoms with Crippen LogP contribution < -0.4 is 5.32 Å². The van der Waals surface area contributed by atoms with Crippen LogP contribution in [0.1, 0.15) is 258 Å². The summed E-state index contributed by atoms with van der Waals surface area (Å²) >= 11 is 0. The van der Waals surface area contributed by atoms with E-state index in [0.29, 0.717) is 12.8 Å². The normalized spacial score (nSPS) is 25.1. The molecule has 14 nitrogen and oxygen atoms in total. The summed E-state index contributed by atoms with van der Waals surface area (Å²) in [5.41, 5.74) is 0. The molecular weight excluding hydrogens is 967 g/mol. The van der Waals surface area contributed by atoms with Crippen molar-refractivity contribution in [2.45, 2.75) is 331 Å². The fraction of sp³-hybridized carbons (Fsp3) is 0.887. The molecule has 2 saturated heterocycles. The van der Waals surface area contributed by atoms with Crippen LogP contribution in [-0.2, 0) is 23.7 Å². The van der Waals surface area contributed by atoms with Gasteiger partial charge in [-0.3, -0.25) is 4.79 Å². The van der Waals surface area contributed by atoms with Gasteiger partial charge in [0.15, 0.2) is 12.6 Å². The number of rotatable bonds is 50. The van der Waals surface area contributed by atoms with Crippen LogP contribution in [0.3, 0.4) is 0 Å². The van der Waals surface area contributed by atoms with Gasteiger partial charge >= 0.3 is 0 Å². The molecule has 1 amide bonds. The Morgan fingerprint density at radius 3 is 1.30 bits per heavy atom. The molecule has 0 bridgehead atoms. The zero-order valence-corrected chi connectivity index (χ0v) is 48.0. The Balaban J connectivity index is 1.71. The van der Waals surface area contributed by atoms with Crippen LogP contribution in [0.15, 0.2) is 36.5 Å². The number of nitrogens with one attached hydrogen (secondary N) is 1. The number of allylic oxidation sites excluding steroid dienone is 5. The van der Waals surface area contributed by atoms with Crippen molar-refractivity contribution in [1.29, 1.82) is 0 Å². The summed E-state index contributed by atoms with van der Waals surface area (Å²) in [6.07, 6.45) is 42.1. The number of carbonyl (C=O) groups excluding carboxylic acids is 1. The number of hydrogen-bond donors (Lipinski definition) is 9. The largest absolute Gasteiger partial charge is 0.394 e. The lowest BCUT2D eigenvalue weighted by molar-refractivity contribution is -0.359. The third-order valence-corrected chi connectivity index (χ3v) is 15.3. The number of hydrogen-bond acceptors (Lipinski definition) is 13. The highest BCUT2D eigenvalue weighted by molar-refractivity contribution is 5.76. The molecule has 2 aliphatic heterocycles. The number of carbonyl (C=O) groups is 1. The third kappa shape index (κ3) is 33.1. The van der Waals surface area contributed by atoms with Gasteiger partial charge in [0.25, 0.3) is 0 Å². The van der Waals surface area contributed by atoms with Crippen LogP contribution in [0.4, 0.5) is 0 Å². The van der Waals surface area contributed by atoms with Crippen molar-refractivity contribution in [2.75, 3.05) is 19.8 Å². The lowest BCUT2D eigenvalue weighted by Gasteiger charge is -2.46. The summed E-state index contributed by atoms with van der Waals surface area (Å²) in [6.45, 7) is 2.77. The van der Waals surface area contributed by atoms with Gasteiger partial charge in [0.2, 0.25) is 5.91 Å². The Bertz CT molecular complexity index is 1410. The Kier molecular flexibility index (Phi) is 44.4. The molecule has 446 valence electrons. The first kappa shape index (κ1) is 70.3. The molecule has 9 N–H and O–H groups in total. The Labute approximate surface area is 461 Å². The van der Waals surface area contributed by atoms with Crippen LogP contribution in [-0.4, -0.2) is 140 Å². The monoisotopic (exact) mass is 1080 g/mol. The van der Waals surface area contributed by atoms with E-state index in [2.05, 4.69) is 43.5 Å². The molecule has 0 aliphatic carbocycles. The highest BCUT2D eigenvalue weighted by Gasteiger charge is 2.51. The SMILES string of the molecule is CCCCCC/C=C\CCCCCCCC(=O)NC(COC1OC(CO)C(OC2OC(CO)C(O)C(O)C2O)C(O)C1O)C(O)/C=C/CC/C=C/CCCCCCCCCCCCCCCCCCCCCCCCC. The topological polar surface area (TPSA) is 228 Å². The van der Waals surface area contributed by atoms with Gasteiger partial charge in [0.1, 0.15) is 48.8 Å². The molecular formula is C62H115NO13. The minimum absolute atomic E-state index is 0.257. The van der Waals surface area contributed by atoms with Crippen LogP contribution in [0, 0.1) is 0 Å². The lowest BCUT2D eigenvalue weighted by Crippen LogP contribution is -2.65. The first-order chi connectivity index (χ1) is 37.1. The fourth-order valence-corrected chi connectivity index (χ4v) is 10.2. The molecule has 2 rings (SSSR count). The van der Waals surface area contributed by atoms with Crippen LogP contribution in [0.2, 0.25) is 0 Å². The molecule has 76 heavy (non-hydrogen) atoms. The first-order valence-electron chi connectivity index (χ1n) is 31.2. The maximum absolute atomic E-state index is 13.2. The molecule has 0 aromatic heterocycles. The lowest BCUT2D eigenvalue weighted by atomic mass is 9.97. The van der Waals surface area contributed by atoms with E-state index in [9.17, 15) is 45.6 Å². The van der Waals surface area contributed by atoms with E-state index in [1.165, 1.54) is 173 Å². The van der Waals surface area contributed by atoms with Crippen molar-refractivity contribution in [3.8, 4) is 0 Å². The molecule has 2 aliphatic rings. The maximum atomic E-state index is 13.2. The first-order valence-corrected chi connectivity index (χ1v) is 31.2. The van der Waals surface area contributed by atoms with Gasteiger partial charge in [0.05, 0.1) is 32.0 Å². The summed E-state index contributed by atoms with van der Waals surface area (Å²) in [7, 11) is 0. The Hall–Kier alpha value is -1.79. The predicted octanol–water partition coefficient (Wildman–Crippen LogP) is 11.0. The average Bonchev–Trinajstić information content (AvgIpc) is 3.42. The van der Waals surface area contributed by atoms with Crippen LogP contribution in [0.25, 0.3) is 0 Å². The molecule has 0 radical (unpaired) electrons. The van der Waals surface area contributed by atoms with Gasteiger partial charge in [-0.2, -0.15) is 0 Å². The number of unbranched alkanes of at least 4 members (excludes halogenated alkanes) is 33. The standard InChI is InChI=1S/C62H115NO13/c1-3-5-7-9-11-13-15-17-18-19-20-21-22-23-24-25-26-27-28-29-30-31-32-34-35-37-39-41-43-45-51(66)50(63-54(67)46-44-42-40-38-36-33-16-14-12-10-8-6-4-2)49-73-61-59(72)57(70)60(53(48-65)75-61)76-62-58(71)56(69)55(68)52(47-64)74-62/h14,16,35,37,43,45,50-53,55-62,64-66,68-72H,3-13,15,17-34,36,38-42,44,46-49H2,1-2H3,(H,63,67)/b16-14-,37-35+,45-43+. The van der Waals surface area contributed by atoms with E-state index in [0.717, 1.165) is 51.4 Å². The minimum atomic E-state index is -1.79. The fourth-order valence-electron chi connectivity index (χ4n) is 10.2. The molecule has 2 fully saturated rings. The molecule has 2 heterocycles. The zero-order chi connectivity index (χ0) is 55.3. The average molecular weight is 1080 g/mol. The van der Waals surface area contributed by atoms with E-state index in [4.69, 9.17) is 18.9 Å². The zero-order valence-electron chi connectivity index (χ0n) is 48.0. The number of amides is 1. The smallest absolute Gasteiger partial charge is 0.220 e. The van der Waals surface area contributed by atoms with E-state index in [-0.39, 0.29) is 18.9 Å². The molecule has 12 unspecified atom stereocenters. The molecule has 0 aromatic carbocycles. The van der Waals surface area contributed by atoms with Crippen molar-refractivity contribution in [1.82, 2.24) is 5.32 Å². The molecule has 0 saturated carbocycles. The summed E-state index contributed by atoms with van der Waals surface area (Å²) in [5, 5.41) is 87.0. The van der Waals surface area contributed by atoms with Crippen LogP contribution in [0.5, 0.6) is 0 Å². The van der Waals surface area contributed by atoms with Crippen molar-refractivity contribution < 1.29 is 64.6 Å². The van der Waals surface area contributed by atoms with Gasteiger partial charge in [-0.05, 0) is 57.8 Å². The number of aliphatic hydroxyl groups excluding tert-OH is 8. The second-order valence-electron chi connectivity index (χ2n) is 22.2. The molecule has 12 atom stereocenters. The van der Waals surface area contributed by atoms with Crippen molar-refractivity contribution >= 4 is 5.91 Å². The second-order valence-corrected chi connectivity index (χ2v) is 22.2. The van der Waals surface area contributed by atoms with E-state index < -0.39 is 86.8 Å². The van der Waals surface area contributed by atoms with E-state index in [1.807, 2.05) is 6.08 Å². The third-order valence-electron chi connectivity index (χ3n) is 15.3. The highest BCUT2D eigenvalue weighted by atomic mass is 16.7. The highest BCUT2D eigenvalue weighted by Crippen LogP contribution is 2.30. The van der Waals surface area contributed by atoms with Crippen LogP contribution >= 0.6 is 0 Å². The van der Waals surface area contributed by atoms with Gasteiger partial charge in [-0.15, -0.1) is 0 Å². The quantitative estimate of drug-likeness (QED) is 0.0204. The summed E-state index contributed by atoms with van der Waals surface area (Å²) in [6, 6.07) is -0.935. The van der Waals surface area contributed by atoms with Gasteiger partial charge in [0, 0.05) is 6.42 Å². The summed E-state index contributed by atoms with van der Waals surface area (Å²) in [5.74, 6) is -0.257. The van der Waals surface area contributed by atoms with E-state index in [1.54, 1.807) is 6.08 Å². The van der Waals surface area contributed by atoms with Crippen molar-refractivity contribution in [3.63, 3.8) is 0 Å². The van der Waals surface area contributed by atoms with Gasteiger partial charge in [-0.25, -0.2) is 0 Å². The van der Waals surface area contributed by atoms with Gasteiger partial charge in [-0.1, -0.05) is 230 Å². The van der Waals surface area contributed by atoms with Crippen molar-refractivity contribution in [2.24, 2.45) is 0 Å². The van der Waals surface area contributed by atoms with E-state index >= 15 is 0 Å². The summed E-state index contributed by atoms with van der Waals surface area (Å²) in [4.78, 5) is 13.2. The Morgan fingerprint density at radius 2 is 0.842 bits per heavy atom. The number of ether oxygens (including phenoxy) is 4. The molecule has 0 spiro atoms. The predicted molar refractivity (Wildman–Crippen MR) is 305 cm³/mol. The maximum Gasteiger partial charge on any atom is 0.220 e. The number of aliphatic hydroxyl groups is 8.